The number of thioether (sulfide) groups is 1. The highest BCUT2D eigenvalue weighted by molar-refractivity contribution is 7.99. The van der Waals surface area contributed by atoms with Crippen LogP contribution >= 0.6 is 23.1 Å². The van der Waals surface area contributed by atoms with Crippen molar-refractivity contribution in [3.63, 3.8) is 0 Å². The largest absolute Gasteiger partial charge is 0.326 e. The van der Waals surface area contributed by atoms with Crippen LogP contribution in [0.1, 0.15) is 13.8 Å². The van der Waals surface area contributed by atoms with Crippen LogP contribution in [0.2, 0.25) is 0 Å². The number of nitrogens with zero attached hydrogens (tertiary/aromatic N) is 1. The standard InChI is InChI=1S/C21H21N3O2S2/c1-14(12-27-18-6-4-3-5-7-18)20(26)24-21-23-19(13-28-21)16-8-10-17(11-9-16)22-15(2)25/h3-11,13-14H,12H2,1-2H3,(H,22,25)(H,23,24,26). The Hall–Kier alpha value is -2.64. The van der Waals surface area contributed by atoms with Gasteiger partial charge in [-0.2, -0.15) is 0 Å². The third-order valence-corrected chi connectivity index (χ3v) is 5.96. The van der Waals surface area contributed by atoms with Gasteiger partial charge in [0.1, 0.15) is 0 Å². The van der Waals surface area contributed by atoms with E-state index in [1.54, 1.807) is 11.8 Å². The van der Waals surface area contributed by atoms with E-state index in [-0.39, 0.29) is 17.7 Å². The van der Waals surface area contributed by atoms with Crippen LogP contribution in [0.3, 0.4) is 0 Å². The summed E-state index contributed by atoms with van der Waals surface area (Å²) in [5.74, 6) is 0.435. The van der Waals surface area contributed by atoms with Gasteiger partial charge in [-0.05, 0) is 24.3 Å². The lowest BCUT2D eigenvalue weighted by Crippen LogP contribution is -2.22. The average Bonchev–Trinajstić information content (AvgIpc) is 3.15. The molecule has 0 spiro atoms. The smallest absolute Gasteiger partial charge is 0.229 e. The van der Waals surface area contributed by atoms with Gasteiger partial charge in [-0.3, -0.25) is 9.59 Å². The Labute approximate surface area is 172 Å². The topological polar surface area (TPSA) is 71.1 Å². The van der Waals surface area contributed by atoms with Crippen LogP contribution in [-0.2, 0) is 9.59 Å². The Balaban J connectivity index is 1.56. The van der Waals surface area contributed by atoms with Gasteiger partial charge >= 0.3 is 0 Å². The zero-order valence-electron chi connectivity index (χ0n) is 15.6. The average molecular weight is 412 g/mol. The van der Waals surface area contributed by atoms with Gasteiger partial charge in [0, 0.05) is 40.1 Å². The fraction of sp³-hybridized carbons (Fsp3) is 0.190. The molecule has 0 bridgehead atoms. The molecule has 0 saturated heterocycles. The summed E-state index contributed by atoms with van der Waals surface area (Å²) in [5, 5.41) is 8.13. The molecule has 3 rings (SSSR count). The SMILES string of the molecule is CC(=O)Nc1ccc(-c2csc(NC(=O)C(C)CSc3ccccc3)n2)cc1. The molecular formula is C21H21N3O2S2. The number of benzene rings is 2. The number of thiazole rings is 1. The van der Waals surface area contributed by atoms with Crippen LogP contribution in [0.4, 0.5) is 10.8 Å². The van der Waals surface area contributed by atoms with Crippen LogP contribution in [0, 0.1) is 5.92 Å². The number of carbonyl (C=O) groups is 2. The van der Waals surface area contributed by atoms with E-state index in [2.05, 4.69) is 15.6 Å². The van der Waals surface area contributed by atoms with Crippen molar-refractivity contribution in [2.24, 2.45) is 5.92 Å². The predicted octanol–water partition coefficient (Wildman–Crippen LogP) is 5.14. The third-order valence-electron chi connectivity index (χ3n) is 3.93. The minimum atomic E-state index is -0.130. The number of rotatable bonds is 7. The molecule has 0 aliphatic heterocycles. The zero-order chi connectivity index (χ0) is 19.9. The Kier molecular flexibility index (Phi) is 6.84. The molecule has 2 aromatic carbocycles. The first-order valence-electron chi connectivity index (χ1n) is 8.83. The monoisotopic (exact) mass is 411 g/mol. The molecule has 0 radical (unpaired) electrons. The van der Waals surface area contributed by atoms with E-state index in [9.17, 15) is 9.59 Å². The molecule has 0 aliphatic rings. The van der Waals surface area contributed by atoms with Crippen LogP contribution in [0.5, 0.6) is 0 Å². The maximum absolute atomic E-state index is 12.4. The van der Waals surface area contributed by atoms with Crippen LogP contribution in [0.25, 0.3) is 11.3 Å². The summed E-state index contributed by atoms with van der Waals surface area (Å²) in [6, 6.07) is 17.5. The predicted molar refractivity (Wildman–Crippen MR) is 117 cm³/mol. The highest BCUT2D eigenvalue weighted by Crippen LogP contribution is 2.27. The molecule has 2 N–H and O–H groups in total. The Morgan fingerprint density at radius 2 is 1.79 bits per heavy atom. The number of amides is 2. The van der Waals surface area contributed by atoms with Gasteiger partial charge < -0.3 is 10.6 Å². The van der Waals surface area contributed by atoms with Gasteiger partial charge in [0.2, 0.25) is 11.8 Å². The van der Waals surface area contributed by atoms with Gasteiger partial charge in [0.25, 0.3) is 0 Å². The molecule has 2 amide bonds. The van der Waals surface area contributed by atoms with Gasteiger partial charge in [0.05, 0.1) is 5.69 Å². The molecule has 1 unspecified atom stereocenters. The molecule has 28 heavy (non-hydrogen) atoms. The lowest BCUT2D eigenvalue weighted by molar-refractivity contribution is -0.118. The molecule has 1 aromatic heterocycles. The molecular weight excluding hydrogens is 390 g/mol. The normalized spacial score (nSPS) is 11.6. The Morgan fingerprint density at radius 1 is 1.07 bits per heavy atom. The molecule has 3 aromatic rings. The van der Waals surface area contributed by atoms with E-state index < -0.39 is 0 Å². The summed E-state index contributed by atoms with van der Waals surface area (Å²) in [6.45, 7) is 3.39. The van der Waals surface area contributed by atoms with Crippen molar-refractivity contribution in [1.29, 1.82) is 0 Å². The maximum Gasteiger partial charge on any atom is 0.229 e. The van der Waals surface area contributed by atoms with E-state index >= 15 is 0 Å². The maximum atomic E-state index is 12.4. The first-order chi connectivity index (χ1) is 13.5. The molecule has 0 aliphatic carbocycles. The van der Waals surface area contributed by atoms with Gasteiger partial charge in [-0.15, -0.1) is 23.1 Å². The number of carbonyl (C=O) groups excluding carboxylic acids is 2. The minimum Gasteiger partial charge on any atom is -0.326 e. The third kappa shape index (κ3) is 5.68. The fourth-order valence-electron chi connectivity index (χ4n) is 2.43. The molecule has 7 heteroatoms. The van der Waals surface area contributed by atoms with Crippen molar-refractivity contribution >= 4 is 45.7 Å². The lowest BCUT2D eigenvalue weighted by Gasteiger charge is -2.10. The number of anilines is 2. The van der Waals surface area contributed by atoms with E-state index in [1.807, 2.05) is 66.9 Å². The summed E-state index contributed by atoms with van der Waals surface area (Å²) in [6.07, 6.45) is 0. The van der Waals surface area contributed by atoms with Crippen molar-refractivity contribution < 1.29 is 9.59 Å². The highest BCUT2D eigenvalue weighted by atomic mass is 32.2. The molecule has 144 valence electrons. The molecule has 0 saturated carbocycles. The van der Waals surface area contributed by atoms with E-state index in [0.29, 0.717) is 10.9 Å². The number of hydrogen-bond acceptors (Lipinski definition) is 5. The first kappa shape index (κ1) is 20.1. The summed E-state index contributed by atoms with van der Waals surface area (Å²) in [5.41, 5.74) is 2.46. The lowest BCUT2D eigenvalue weighted by atomic mass is 10.1. The first-order valence-corrected chi connectivity index (χ1v) is 10.7. The summed E-state index contributed by atoms with van der Waals surface area (Å²) in [7, 11) is 0. The molecule has 1 heterocycles. The van der Waals surface area contributed by atoms with Crippen LogP contribution < -0.4 is 10.6 Å². The number of aromatic nitrogens is 1. The van der Waals surface area contributed by atoms with Crippen molar-refractivity contribution in [2.45, 2.75) is 18.7 Å². The van der Waals surface area contributed by atoms with E-state index in [4.69, 9.17) is 0 Å². The zero-order valence-corrected chi connectivity index (χ0v) is 17.3. The Bertz CT molecular complexity index is 940. The molecule has 1 atom stereocenters. The van der Waals surface area contributed by atoms with Crippen LogP contribution in [-0.4, -0.2) is 22.6 Å². The summed E-state index contributed by atoms with van der Waals surface area (Å²) in [4.78, 5) is 29.2. The van der Waals surface area contributed by atoms with Gasteiger partial charge in [0.15, 0.2) is 5.13 Å². The number of nitrogens with one attached hydrogen (secondary N) is 2. The highest BCUT2D eigenvalue weighted by Gasteiger charge is 2.15. The summed E-state index contributed by atoms with van der Waals surface area (Å²) >= 11 is 3.07. The van der Waals surface area contributed by atoms with Crippen molar-refractivity contribution in [2.75, 3.05) is 16.4 Å². The minimum absolute atomic E-state index is 0.0367. The van der Waals surface area contributed by atoms with Gasteiger partial charge in [-0.1, -0.05) is 37.3 Å². The van der Waals surface area contributed by atoms with Crippen molar-refractivity contribution in [3.05, 3.63) is 60.0 Å². The quantitative estimate of drug-likeness (QED) is 0.528. The van der Waals surface area contributed by atoms with Crippen LogP contribution in [0.15, 0.2) is 64.9 Å². The van der Waals surface area contributed by atoms with Crippen molar-refractivity contribution in [3.8, 4) is 11.3 Å². The molecule has 5 nitrogen and oxygen atoms in total. The number of hydrogen-bond donors (Lipinski definition) is 2. The fourth-order valence-corrected chi connectivity index (χ4v) is 4.10. The summed E-state index contributed by atoms with van der Waals surface area (Å²) < 4.78 is 0. The second-order valence-electron chi connectivity index (χ2n) is 6.31. The van der Waals surface area contributed by atoms with Crippen molar-refractivity contribution in [1.82, 2.24) is 4.98 Å². The Morgan fingerprint density at radius 3 is 2.46 bits per heavy atom. The van der Waals surface area contributed by atoms with Gasteiger partial charge in [-0.25, -0.2) is 4.98 Å². The molecule has 0 fully saturated rings. The van der Waals surface area contributed by atoms with E-state index in [1.165, 1.54) is 18.3 Å². The van der Waals surface area contributed by atoms with E-state index in [0.717, 1.165) is 21.8 Å². The second kappa shape index (κ2) is 9.52. The second-order valence-corrected chi connectivity index (χ2v) is 8.26.